The van der Waals surface area contributed by atoms with Gasteiger partial charge in [-0.05, 0) is 37.1 Å². The van der Waals surface area contributed by atoms with Gasteiger partial charge in [-0.2, -0.15) is 0 Å². The fourth-order valence-corrected chi connectivity index (χ4v) is 3.28. The Morgan fingerprint density at radius 1 is 1.40 bits per heavy atom. The summed E-state index contributed by atoms with van der Waals surface area (Å²) < 4.78 is 10.9. The lowest BCUT2D eigenvalue weighted by Crippen LogP contribution is -2.32. The van der Waals surface area contributed by atoms with Crippen molar-refractivity contribution in [2.24, 2.45) is 11.3 Å². The summed E-state index contributed by atoms with van der Waals surface area (Å²) >= 11 is 0. The summed E-state index contributed by atoms with van der Waals surface area (Å²) in [7, 11) is -0.633. The molecule has 0 radical (unpaired) electrons. The van der Waals surface area contributed by atoms with Gasteiger partial charge in [0.25, 0.3) is 0 Å². The van der Waals surface area contributed by atoms with Crippen molar-refractivity contribution in [3.63, 3.8) is 0 Å². The molecule has 0 bridgehead atoms. The molecule has 0 saturated heterocycles. The molecule has 0 heterocycles. The average molecular weight is 231 g/mol. The van der Waals surface area contributed by atoms with Crippen molar-refractivity contribution < 1.29 is 4.21 Å². The van der Waals surface area contributed by atoms with Crippen LogP contribution in [0.1, 0.15) is 40.0 Å². The summed E-state index contributed by atoms with van der Waals surface area (Å²) in [5, 5.41) is 3.61. The molecule has 1 aliphatic carbocycles. The Morgan fingerprint density at radius 2 is 2.07 bits per heavy atom. The van der Waals surface area contributed by atoms with Gasteiger partial charge in [-0.3, -0.25) is 4.21 Å². The highest BCUT2D eigenvalue weighted by Gasteiger charge is 2.35. The zero-order valence-electron chi connectivity index (χ0n) is 10.5. The fourth-order valence-electron chi connectivity index (χ4n) is 2.73. The van der Waals surface area contributed by atoms with Gasteiger partial charge in [0.2, 0.25) is 0 Å². The molecule has 0 spiro atoms. The second-order valence-corrected chi connectivity index (χ2v) is 7.30. The van der Waals surface area contributed by atoms with Gasteiger partial charge in [0, 0.05) is 28.9 Å². The smallest absolute Gasteiger partial charge is 0.0244 e. The summed E-state index contributed by atoms with van der Waals surface area (Å²) in [5.74, 6) is 1.62. The van der Waals surface area contributed by atoms with Crippen LogP contribution in [-0.2, 0) is 10.8 Å². The van der Waals surface area contributed by atoms with E-state index in [1.54, 1.807) is 6.26 Å². The highest BCUT2D eigenvalue weighted by atomic mass is 32.2. The molecule has 3 atom stereocenters. The van der Waals surface area contributed by atoms with Crippen LogP contribution >= 0.6 is 0 Å². The quantitative estimate of drug-likeness (QED) is 0.735. The predicted molar refractivity (Wildman–Crippen MR) is 67.5 cm³/mol. The first kappa shape index (κ1) is 13.2. The van der Waals surface area contributed by atoms with Crippen LogP contribution in [0, 0.1) is 11.3 Å². The maximum absolute atomic E-state index is 10.9. The molecule has 0 aliphatic heterocycles. The minimum Gasteiger partial charge on any atom is -0.314 e. The van der Waals surface area contributed by atoms with Crippen molar-refractivity contribution in [1.82, 2.24) is 5.32 Å². The highest BCUT2D eigenvalue weighted by molar-refractivity contribution is 7.84. The van der Waals surface area contributed by atoms with Crippen molar-refractivity contribution in [3.05, 3.63) is 0 Å². The number of rotatable bonds is 5. The van der Waals surface area contributed by atoms with Gasteiger partial charge < -0.3 is 5.32 Å². The Morgan fingerprint density at radius 3 is 2.53 bits per heavy atom. The topological polar surface area (TPSA) is 29.1 Å². The van der Waals surface area contributed by atoms with Gasteiger partial charge in [-0.25, -0.2) is 0 Å². The minimum absolute atomic E-state index is 0.505. The predicted octanol–water partition coefficient (Wildman–Crippen LogP) is 2.17. The van der Waals surface area contributed by atoms with Gasteiger partial charge >= 0.3 is 0 Å². The molecule has 1 saturated carbocycles. The number of hydrogen-bond acceptors (Lipinski definition) is 2. The van der Waals surface area contributed by atoms with E-state index in [1.807, 2.05) is 0 Å². The SMILES string of the molecule is CC1CC(C)(C)CC1NCCCS(C)=O. The fraction of sp³-hybridized carbons (Fsp3) is 1.00. The largest absolute Gasteiger partial charge is 0.314 e. The molecule has 0 aromatic heterocycles. The maximum Gasteiger partial charge on any atom is 0.0244 e. The Hall–Kier alpha value is 0.110. The van der Waals surface area contributed by atoms with Crippen molar-refractivity contribution in [1.29, 1.82) is 0 Å². The molecule has 0 amide bonds. The van der Waals surface area contributed by atoms with E-state index >= 15 is 0 Å². The molecule has 3 heteroatoms. The van der Waals surface area contributed by atoms with E-state index in [1.165, 1.54) is 12.8 Å². The van der Waals surface area contributed by atoms with Gasteiger partial charge in [-0.15, -0.1) is 0 Å². The third kappa shape index (κ3) is 4.64. The zero-order valence-corrected chi connectivity index (χ0v) is 11.3. The number of nitrogens with one attached hydrogen (secondary N) is 1. The van der Waals surface area contributed by atoms with E-state index in [0.29, 0.717) is 11.5 Å². The zero-order chi connectivity index (χ0) is 11.5. The Balaban J connectivity index is 2.19. The van der Waals surface area contributed by atoms with Crippen LogP contribution < -0.4 is 5.32 Å². The lowest BCUT2D eigenvalue weighted by Gasteiger charge is -2.18. The Bertz CT molecular complexity index is 228. The Kier molecular flexibility index (Phi) is 4.78. The summed E-state index contributed by atoms with van der Waals surface area (Å²) in [5.41, 5.74) is 0.505. The van der Waals surface area contributed by atoms with Crippen molar-refractivity contribution in [2.45, 2.75) is 46.1 Å². The van der Waals surface area contributed by atoms with Gasteiger partial charge in [0.1, 0.15) is 0 Å². The van der Waals surface area contributed by atoms with Crippen LogP contribution in [-0.4, -0.2) is 28.8 Å². The Labute approximate surface area is 96.7 Å². The third-order valence-electron chi connectivity index (χ3n) is 3.35. The molecule has 90 valence electrons. The van der Waals surface area contributed by atoms with Crippen LogP contribution in [0.15, 0.2) is 0 Å². The highest BCUT2D eigenvalue weighted by Crippen LogP contribution is 2.40. The van der Waals surface area contributed by atoms with Gasteiger partial charge in [0.15, 0.2) is 0 Å². The lowest BCUT2D eigenvalue weighted by atomic mass is 9.91. The molecule has 1 rings (SSSR count). The van der Waals surface area contributed by atoms with Crippen LogP contribution in [0.25, 0.3) is 0 Å². The van der Waals surface area contributed by atoms with Gasteiger partial charge in [-0.1, -0.05) is 20.8 Å². The molecular weight excluding hydrogens is 206 g/mol. The molecule has 0 aromatic carbocycles. The van der Waals surface area contributed by atoms with Crippen LogP contribution in [0.2, 0.25) is 0 Å². The monoisotopic (exact) mass is 231 g/mol. The third-order valence-corrected chi connectivity index (χ3v) is 4.21. The van der Waals surface area contributed by atoms with E-state index in [4.69, 9.17) is 0 Å². The lowest BCUT2D eigenvalue weighted by molar-refractivity contribution is 0.362. The summed E-state index contributed by atoms with van der Waals surface area (Å²) in [6.45, 7) is 8.06. The van der Waals surface area contributed by atoms with E-state index in [9.17, 15) is 4.21 Å². The van der Waals surface area contributed by atoms with Crippen LogP contribution in [0.4, 0.5) is 0 Å². The molecule has 2 nitrogen and oxygen atoms in total. The second-order valence-electron chi connectivity index (χ2n) is 5.74. The van der Waals surface area contributed by atoms with Crippen molar-refractivity contribution in [3.8, 4) is 0 Å². The molecule has 1 N–H and O–H groups in total. The molecule has 0 aromatic rings. The normalized spacial score (nSPS) is 31.7. The van der Waals surface area contributed by atoms with Gasteiger partial charge in [0.05, 0.1) is 0 Å². The first-order valence-electron chi connectivity index (χ1n) is 5.94. The summed E-state index contributed by atoms with van der Waals surface area (Å²) in [4.78, 5) is 0. The molecule has 3 unspecified atom stereocenters. The van der Waals surface area contributed by atoms with E-state index in [2.05, 4.69) is 26.1 Å². The van der Waals surface area contributed by atoms with E-state index in [0.717, 1.165) is 24.6 Å². The van der Waals surface area contributed by atoms with E-state index < -0.39 is 10.8 Å². The minimum atomic E-state index is -0.633. The van der Waals surface area contributed by atoms with E-state index in [-0.39, 0.29) is 0 Å². The number of hydrogen-bond donors (Lipinski definition) is 1. The molecule has 1 aliphatic rings. The van der Waals surface area contributed by atoms with Crippen LogP contribution in [0.5, 0.6) is 0 Å². The average Bonchev–Trinajstić information content (AvgIpc) is 2.33. The van der Waals surface area contributed by atoms with Crippen LogP contribution in [0.3, 0.4) is 0 Å². The summed E-state index contributed by atoms with van der Waals surface area (Å²) in [6.07, 6.45) is 5.42. The first-order chi connectivity index (χ1) is 6.91. The molecule has 1 fully saturated rings. The summed E-state index contributed by atoms with van der Waals surface area (Å²) in [6, 6.07) is 0.672. The molecule has 15 heavy (non-hydrogen) atoms. The van der Waals surface area contributed by atoms with Crippen molar-refractivity contribution in [2.75, 3.05) is 18.6 Å². The van der Waals surface area contributed by atoms with Crippen molar-refractivity contribution >= 4 is 10.8 Å². The second kappa shape index (κ2) is 5.44. The standard InChI is InChI=1S/C12H25NOS/c1-10-8-12(2,3)9-11(10)13-6-5-7-15(4)14/h10-11,13H,5-9H2,1-4H3. The maximum atomic E-state index is 10.9. The first-order valence-corrected chi connectivity index (χ1v) is 7.67. The molecular formula is C12H25NOS.